The van der Waals surface area contributed by atoms with Gasteiger partial charge in [-0.3, -0.25) is 0 Å². The highest BCUT2D eigenvalue weighted by Crippen LogP contribution is 2.28. The number of aromatic nitrogens is 2. The largest absolute Gasteiger partial charge is 0.481 e. The summed E-state index contributed by atoms with van der Waals surface area (Å²) in [5.41, 5.74) is 5.66. The second-order valence-electron chi connectivity index (χ2n) is 5.09. The molecule has 1 aromatic heterocycles. The van der Waals surface area contributed by atoms with Crippen LogP contribution in [0.2, 0.25) is 0 Å². The Morgan fingerprint density at radius 2 is 2.11 bits per heavy atom. The van der Waals surface area contributed by atoms with E-state index in [4.69, 9.17) is 10.5 Å². The zero-order chi connectivity index (χ0) is 13.7. The maximum absolute atomic E-state index is 5.66. The number of rotatable bonds is 6. The molecule has 0 aliphatic heterocycles. The van der Waals surface area contributed by atoms with Crippen molar-refractivity contribution in [3.8, 4) is 5.88 Å². The fraction of sp³-hybridized carbons (Fsp3) is 0.714. The molecule has 0 unspecified atom stereocenters. The highest BCUT2D eigenvalue weighted by Gasteiger charge is 2.24. The van der Waals surface area contributed by atoms with Crippen LogP contribution in [-0.2, 0) is 0 Å². The van der Waals surface area contributed by atoms with E-state index < -0.39 is 0 Å². The lowest BCUT2D eigenvalue weighted by Gasteiger charge is -2.30. The number of ether oxygens (including phenoxy) is 1. The summed E-state index contributed by atoms with van der Waals surface area (Å²) in [6, 6.07) is 2.52. The van der Waals surface area contributed by atoms with E-state index >= 15 is 0 Å². The van der Waals surface area contributed by atoms with E-state index in [1.54, 1.807) is 7.11 Å². The summed E-state index contributed by atoms with van der Waals surface area (Å²) in [4.78, 5) is 11.2. The molecule has 5 heteroatoms. The molecule has 0 spiro atoms. The van der Waals surface area contributed by atoms with E-state index in [0.29, 0.717) is 18.5 Å². The van der Waals surface area contributed by atoms with E-state index in [0.717, 1.165) is 24.6 Å². The van der Waals surface area contributed by atoms with Crippen LogP contribution < -0.4 is 15.4 Å². The quantitative estimate of drug-likeness (QED) is 0.850. The molecule has 0 atom stereocenters. The predicted octanol–water partition coefficient (Wildman–Crippen LogP) is 1.89. The summed E-state index contributed by atoms with van der Waals surface area (Å²) < 4.78 is 5.25. The molecule has 1 aliphatic rings. The van der Waals surface area contributed by atoms with E-state index in [-0.39, 0.29) is 0 Å². The van der Waals surface area contributed by atoms with Gasteiger partial charge in [-0.15, -0.1) is 0 Å². The van der Waals surface area contributed by atoms with Gasteiger partial charge in [0.1, 0.15) is 11.6 Å². The summed E-state index contributed by atoms with van der Waals surface area (Å²) >= 11 is 0. The molecular formula is C14H24N4O. The molecule has 0 radical (unpaired) electrons. The smallest absolute Gasteiger partial charge is 0.218 e. The lowest BCUT2D eigenvalue weighted by Crippen LogP contribution is -2.36. The summed E-state index contributed by atoms with van der Waals surface area (Å²) in [7, 11) is 1.64. The van der Waals surface area contributed by atoms with Gasteiger partial charge in [-0.25, -0.2) is 4.98 Å². The minimum absolute atomic E-state index is 0.588. The molecule has 106 valence electrons. The Labute approximate surface area is 115 Å². The maximum Gasteiger partial charge on any atom is 0.218 e. The monoisotopic (exact) mass is 264 g/mol. The van der Waals surface area contributed by atoms with Gasteiger partial charge in [0, 0.05) is 18.7 Å². The van der Waals surface area contributed by atoms with Crippen LogP contribution in [0.1, 0.15) is 37.9 Å². The summed E-state index contributed by atoms with van der Waals surface area (Å²) in [5.74, 6) is 2.37. The summed E-state index contributed by atoms with van der Waals surface area (Å²) in [5, 5.41) is 0. The summed E-state index contributed by atoms with van der Waals surface area (Å²) in [6.45, 7) is 3.58. The second-order valence-corrected chi connectivity index (χ2v) is 5.09. The van der Waals surface area contributed by atoms with Crippen LogP contribution in [0, 0.1) is 6.92 Å². The Hall–Kier alpha value is -1.36. The molecule has 1 aliphatic carbocycles. The van der Waals surface area contributed by atoms with Gasteiger partial charge in [-0.05, 0) is 32.7 Å². The molecule has 2 N–H and O–H groups in total. The van der Waals surface area contributed by atoms with Gasteiger partial charge < -0.3 is 15.4 Å². The van der Waals surface area contributed by atoms with Crippen molar-refractivity contribution in [3.63, 3.8) is 0 Å². The number of nitrogens with zero attached hydrogens (tertiary/aromatic N) is 3. The molecule has 0 saturated heterocycles. The third-order valence-electron chi connectivity index (χ3n) is 3.67. The maximum atomic E-state index is 5.66. The van der Waals surface area contributed by atoms with Crippen molar-refractivity contribution < 1.29 is 4.74 Å². The number of aryl methyl sites for hydroxylation is 1. The number of hydrogen-bond acceptors (Lipinski definition) is 5. The average Bonchev–Trinajstić information content (AvgIpc) is 2.92. The minimum Gasteiger partial charge on any atom is -0.481 e. The van der Waals surface area contributed by atoms with Crippen LogP contribution in [-0.4, -0.2) is 36.2 Å². The Bertz CT molecular complexity index is 404. The van der Waals surface area contributed by atoms with Gasteiger partial charge in [-0.1, -0.05) is 12.8 Å². The first-order valence-electron chi connectivity index (χ1n) is 7.11. The number of hydrogen-bond donors (Lipinski definition) is 1. The SMILES string of the molecule is COc1cc(N(CCCN)C2CCCC2)nc(C)n1. The zero-order valence-corrected chi connectivity index (χ0v) is 11.9. The Kier molecular flexibility index (Phi) is 4.96. The molecular weight excluding hydrogens is 240 g/mol. The molecule has 1 aromatic rings. The second kappa shape index (κ2) is 6.70. The molecule has 0 aromatic carbocycles. The molecule has 1 heterocycles. The fourth-order valence-corrected chi connectivity index (χ4v) is 2.74. The molecule has 1 fully saturated rings. The Balaban J connectivity index is 2.22. The zero-order valence-electron chi connectivity index (χ0n) is 11.9. The Morgan fingerprint density at radius 3 is 2.74 bits per heavy atom. The van der Waals surface area contributed by atoms with Crippen LogP contribution in [0.15, 0.2) is 6.07 Å². The van der Waals surface area contributed by atoms with Crippen molar-refractivity contribution in [1.82, 2.24) is 9.97 Å². The lowest BCUT2D eigenvalue weighted by atomic mass is 10.2. The average molecular weight is 264 g/mol. The van der Waals surface area contributed by atoms with Gasteiger partial charge in [0.15, 0.2) is 0 Å². The first-order chi connectivity index (χ1) is 9.24. The topological polar surface area (TPSA) is 64.3 Å². The van der Waals surface area contributed by atoms with Crippen molar-refractivity contribution in [2.24, 2.45) is 5.73 Å². The van der Waals surface area contributed by atoms with Crippen molar-refractivity contribution in [2.75, 3.05) is 25.1 Å². The molecule has 1 saturated carbocycles. The number of nitrogens with two attached hydrogens (primary N) is 1. The lowest BCUT2D eigenvalue weighted by molar-refractivity contribution is 0.395. The van der Waals surface area contributed by atoms with Crippen LogP contribution in [0.3, 0.4) is 0 Å². The van der Waals surface area contributed by atoms with Gasteiger partial charge in [0.05, 0.1) is 7.11 Å². The minimum atomic E-state index is 0.588. The molecule has 5 nitrogen and oxygen atoms in total. The molecule has 2 rings (SSSR count). The van der Waals surface area contributed by atoms with Crippen LogP contribution in [0.4, 0.5) is 5.82 Å². The molecule has 19 heavy (non-hydrogen) atoms. The van der Waals surface area contributed by atoms with Gasteiger partial charge in [0.25, 0.3) is 0 Å². The molecule has 0 amide bonds. The van der Waals surface area contributed by atoms with Crippen molar-refractivity contribution in [3.05, 3.63) is 11.9 Å². The summed E-state index contributed by atoms with van der Waals surface area (Å²) in [6.07, 6.45) is 6.10. The third-order valence-corrected chi connectivity index (χ3v) is 3.67. The van der Waals surface area contributed by atoms with E-state index in [1.165, 1.54) is 25.7 Å². The highest BCUT2D eigenvalue weighted by molar-refractivity contribution is 5.43. The highest BCUT2D eigenvalue weighted by atomic mass is 16.5. The van der Waals surface area contributed by atoms with Gasteiger partial charge in [-0.2, -0.15) is 4.98 Å². The van der Waals surface area contributed by atoms with E-state index in [2.05, 4.69) is 14.9 Å². The Morgan fingerprint density at radius 1 is 1.37 bits per heavy atom. The van der Waals surface area contributed by atoms with E-state index in [1.807, 2.05) is 13.0 Å². The standard InChI is InChI=1S/C14H24N4O/c1-11-16-13(10-14(17-11)19-2)18(9-5-8-15)12-6-3-4-7-12/h10,12H,3-9,15H2,1-2H3. The third kappa shape index (κ3) is 3.56. The van der Waals surface area contributed by atoms with Crippen LogP contribution >= 0.6 is 0 Å². The first kappa shape index (κ1) is 14.1. The van der Waals surface area contributed by atoms with Gasteiger partial charge in [0.2, 0.25) is 5.88 Å². The first-order valence-corrected chi connectivity index (χ1v) is 7.11. The fourth-order valence-electron chi connectivity index (χ4n) is 2.74. The number of methoxy groups -OCH3 is 1. The van der Waals surface area contributed by atoms with Crippen molar-refractivity contribution in [2.45, 2.75) is 45.1 Å². The van der Waals surface area contributed by atoms with E-state index in [9.17, 15) is 0 Å². The predicted molar refractivity (Wildman–Crippen MR) is 76.6 cm³/mol. The van der Waals surface area contributed by atoms with Gasteiger partial charge >= 0.3 is 0 Å². The molecule has 0 bridgehead atoms. The van der Waals surface area contributed by atoms with Crippen LogP contribution in [0.25, 0.3) is 0 Å². The normalized spacial score (nSPS) is 15.7. The van der Waals surface area contributed by atoms with Crippen molar-refractivity contribution >= 4 is 5.82 Å². The van der Waals surface area contributed by atoms with Crippen LogP contribution in [0.5, 0.6) is 5.88 Å². The van der Waals surface area contributed by atoms with Crippen molar-refractivity contribution in [1.29, 1.82) is 0 Å². The number of anilines is 1.